The first kappa shape index (κ1) is 18.9. The molecule has 0 saturated heterocycles. The Morgan fingerprint density at radius 2 is 1.86 bits per heavy atom. The molecule has 1 amide bonds. The summed E-state index contributed by atoms with van der Waals surface area (Å²) in [5.41, 5.74) is 5.38. The molecular formula is C24H25N3O2. The minimum absolute atomic E-state index is 0.0154. The number of nitrogens with one attached hydrogen (secondary N) is 2. The molecule has 2 aromatic heterocycles. The second-order valence-electron chi connectivity index (χ2n) is 7.47. The summed E-state index contributed by atoms with van der Waals surface area (Å²) in [5, 5.41) is 4.22. The molecular weight excluding hydrogens is 362 g/mol. The fourth-order valence-electron chi connectivity index (χ4n) is 3.67. The van der Waals surface area contributed by atoms with Gasteiger partial charge in [0.05, 0.1) is 6.26 Å². The standard InChI is InChI=1S/C24H25N3O2/c1-16-12-13-29-23(16)24(28)26-14-20(17-8-10-18(11-9-17)27(2)3)21-15-25-22-7-5-4-6-19(21)22/h4-13,15,20,25H,14H2,1-3H3,(H,26,28)/t20-/m0/s1. The smallest absolute Gasteiger partial charge is 0.287 e. The van der Waals surface area contributed by atoms with Gasteiger partial charge in [-0.15, -0.1) is 0 Å². The number of hydrogen-bond acceptors (Lipinski definition) is 3. The normalized spacial score (nSPS) is 12.1. The van der Waals surface area contributed by atoms with Crippen LogP contribution in [0.15, 0.2) is 71.5 Å². The van der Waals surface area contributed by atoms with Crippen LogP contribution in [0.4, 0.5) is 5.69 Å². The van der Waals surface area contributed by atoms with Crippen LogP contribution in [-0.2, 0) is 0 Å². The van der Waals surface area contributed by atoms with Crippen LogP contribution in [0.3, 0.4) is 0 Å². The van der Waals surface area contributed by atoms with Crippen molar-refractivity contribution < 1.29 is 9.21 Å². The summed E-state index contributed by atoms with van der Waals surface area (Å²) in [5.74, 6) is 0.189. The van der Waals surface area contributed by atoms with E-state index in [4.69, 9.17) is 4.42 Å². The van der Waals surface area contributed by atoms with Gasteiger partial charge in [0.25, 0.3) is 5.91 Å². The zero-order valence-corrected chi connectivity index (χ0v) is 16.9. The van der Waals surface area contributed by atoms with Crippen molar-refractivity contribution in [1.82, 2.24) is 10.3 Å². The van der Waals surface area contributed by atoms with Crippen LogP contribution in [0.5, 0.6) is 0 Å². The van der Waals surface area contributed by atoms with E-state index in [1.165, 1.54) is 0 Å². The van der Waals surface area contributed by atoms with Crippen molar-refractivity contribution in [3.63, 3.8) is 0 Å². The maximum Gasteiger partial charge on any atom is 0.287 e. The Labute approximate surface area is 170 Å². The highest BCUT2D eigenvalue weighted by Crippen LogP contribution is 2.31. The molecule has 0 aliphatic carbocycles. The van der Waals surface area contributed by atoms with Crippen molar-refractivity contribution in [2.75, 3.05) is 25.5 Å². The maximum absolute atomic E-state index is 12.6. The monoisotopic (exact) mass is 387 g/mol. The van der Waals surface area contributed by atoms with E-state index < -0.39 is 0 Å². The first-order valence-corrected chi connectivity index (χ1v) is 9.70. The van der Waals surface area contributed by atoms with Crippen LogP contribution < -0.4 is 10.2 Å². The van der Waals surface area contributed by atoms with Gasteiger partial charge in [-0.3, -0.25) is 4.79 Å². The van der Waals surface area contributed by atoms with Crippen molar-refractivity contribution in [3.05, 3.63) is 89.5 Å². The Kier molecular flexibility index (Phi) is 5.12. The lowest BCUT2D eigenvalue weighted by molar-refractivity contribution is 0.0924. The first-order chi connectivity index (χ1) is 14.0. The average molecular weight is 387 g/mol. The van der Waals surface area contributed by atoms with Gasteiger partial charge >= 0.3 is 0 Å². The molecule has 2 heterocycles. The van der Waals surface area contributed by atoms with E-state index >= 15 is 0 Å². The molecule has 0 bridgehead atoms. The fourth-order valence-corrected chi connectivity index (χ4v) is 3.67. The Morgan fingerprint density at radius 1 is 1.10 bits per heavy atom. The number of hydrogen-bond donors (Lipinski definition) is 2. The van der Waals surface area contributed by atoms with Crippen molar-refractivity contribution >= 4 is 22.5 Å². The summed E-state index contributed by atoms with van der Waals surface area (Å²) < 4.78 is 5.34. The van der Waals surface area contributed by atoms with Gasteiger partial charge in [-0.05, 0) is 42.3 Å². The summed E-state index contributed by atoms with van der Waals surface area (Å²) in [6, 6.07) is 18.5. The van der Waals surface area contributed by atoms with Gasteiger partial charge in [-0.1, -0.05) is 30.3 Å². The molecule has 0 aliphatic heterocycles. The molecule has 1 atom stereocenters. The molecule has 148 valence electrons. The number of nitrogens with zero attached hydrogens (tertiary/aromatic N) is 1. The van der Waals surface area contributed by atoms with E-state index in [0.717, 1.165) is 33.3 Å². The van der Waals surface area contributed by atoms with Crippen molar-refractivity contribution in [2.45, 2.75) is 12.8 Å². The number of anilines is 1. The molecule has 0 aliphatic rings. The van der Waals surface area contributed by atoms with Crippen LogP contribution in [0.25, 0.3) is 10.9 Å². The van der Waals surface area contributed by atoms with Gasteiger partial charge < -0.3 is 19.6 Å². The molecule has 0 unspecified atom stereocenters. The number of para-hydroxylation sites is 1. The molecule has 0 spiro atoms. The number of carbonyl (C=O) groups is 1. The fraction of sp³-hybridized carbons (Fsp3) is 0.208. The van der Waals surface area contributed by atoms with Gasteiger partial charge in [-0.25, -0.2) is 0 Å². The number of fused-ring (bicyclic) bond motifs is 1. The molecule has 4 rings (SSSR count). The zero-order valence-electron chi connectivity index (χ0n) is 16.9. The highest BCUT2D eigenvalue weighted by molar-refractivity contribution is 5.93. The minimum Gasteiger partial charge on any atom is -0.459 e. The molecule has 2 aromatic carbocycles. The topological polar surface area (TPSA) is 61.3 Å². The van der Waals surface area contributed by atoms with Crippen LogP contribution in [-0.4, -0.2) is 31.5 Å². The van der Waals surface area contributed by atoms with Gasteiger partial charge in [-0.2, -0.15) is 0 Å². The lowest BCUT2D eigenvalue weighted by Gasteiger charge is -2.20. The maximum atomic E-state index is 12.6. The summed E-state index contributed by atoms with van der Waals surface area (Å²) in [6.45, 7) is 2.34. The van der Waals surface area contributed by atoms with Gasteiger partial charge in [0.2, 0.25) is 0 Å². The number of H-pyrrole nitrogens is 1. The Hall–Kier alpha value is -3.47. The van der Waals surface area contributed by atoms with E-state index in [9.17, 15) is 4.79 Å². The van der Waals surface area contributed by atoms with Crippen molar-refractivity contribution in [1.29, 1.82) is 0 Å². The van der Waals surface area contributed by atoms with E-state index in [1.807, 2.05) is 39.3 Å². The molecule has 5 heteroatoms. The summed E-state index contributed by atoms with van der Waals surface area (Å²) in [7, 11) is 4.05. The van der Waals surface area contributed by atoms with Crippen LogP contribution in [0.2, 0.25) is 0 Å². The second kappa shape index (κ2) is 7.87. The van der Waals surface area contributed by atoms with E-state index in [-0.39, 0.29) is 11.8 Å². The Balaban J connectivity index is 1.67. The number of benzene rings is 2. The van der Waals surface area contributed by atoms with Gasteiger partial charge in [0, 0.05) is 54.9 Å². The zero-order chi connectivity index (χ0) is 20.4. The summed E-state index contributed by atoms with van der Waals surface area (Å²) in [4.78, 5) is 18.0. The minimum atomic E-state index is -0.192. The first-order valence-electron chi connectivity index (χ1n) is 9.70. The third-order valence-electron chi connectivity index (χ3n) is 5.34. The molecule has 2 N–H and O–H groups in total. The number of carbonyl (C=O) groups excluding carboxylic acids is 1. The lowest BCUT2D eigenvalue weighted by Crippen LogP contribution is -2.29. The van der Waals surface area contributed by atoms with Crippen LogP contribution >= 0.6 is 0 Å². The predicted octanol–water partition coefficient (Wildman–Crippen LogP) is 4.70. The molecule has 0 radical (unpaired) electrons. The van der Waals surface area contributed by atoms with E-state index in [1.54, 1.807) is 12.3 Å². The third-order valence-corrected chi connectivity index (χ3v) is 5.34. The third kappa shape index (κ3) is 3.76. The SMILES string of the molecule is Cc1ccoc1C(=O)NC[C@@H](c1ccc(N(C)C)cc1)c1c[nH]c2ccccc12. The number of aromatic nitrogens is 1. The molecule has 0 fully saturated rings. The number of aryl methyl sites for hydroxylation is 1. The second-order valence-corrected chi connectivity index (χ2v) is 7.47. The molecule has 29 heavy (non-hydrogen) atoms. The number of aromatic amines is 1. The Morgan fingerprint density at radius 3 is 2.55 bits per heavy atom. The molecule has 5 nitrogen and oxygen atoms in total. The average Bonchev–Trinajstić information content (AvgIpc) is 3.35. The van der Waals surface area contributed by atoms with E-state index in [2.05, 4.69) is 51.6 Å². The van der Waals surface area contributed by atoms with Gasteiger partial charge in [0.1, 0.15) is 0 Å². The summed E-state index contributed by atoms with van der Waals surface area (Å²) in [6.07, 6.45) is 3.58. The Bertz CT molecular complexity index is 1120. The van der Waals surface area contributed by atoms with Gasteiger partial charge in [0.15, 0.2) is 5.76 Å². The van der Waals surface area contributed by atoms with Crippen LogP contribution in [0, 0.1) is 6.92 Å². The lowest BCUT2D eigenvalue weighted by atomic mass is 9.90. The predicted molar refractivity (Wildman–Crippen MR) is 117 cm³/mol. The van der Waals surface area contributed by atoms with Crippen molar-refractivity contribution in [2.24, 2.45) is 0 Å². The number of amides is 1. The molecule has 0 saturated carbocycles. The summed E-state index contributed by atoms with van der Waals surface area (Å²) >= 11 is 0. The highest BCUT2D eigenvalue weighted by atomic mass is 16.3. The van der Waals surface area contributed by atoms with E-state index in [0.29, 0.717) is 12.3 Å². The molecule has 4 aromatic rings. The number of rotatable bonds is 6. The largest absolute Gasteiger partial charge is 0.459 e. The quantitative estimate of drug-likeness (QED) is 0.504. The number of furan rings is 1. The van der Waals surface area contributed by atoms with Crippen LogP contribution in [0.1, 0.15) is 33.2 Å². The highest BCUT2D eigenvalue weighted by Gasteiger charge is 2.21. The van der Waals surface area contributed by atoms with Crippen molar-refractivity contribution in [3.8, 4) is 0 Å².